The molecule has 0 unspecified atom stereocenters. The summed E-state index contributed by atoms with van der Waals surface area (Å²) in [6.07, 6.45) is 4.33. The topological polar surface area (TPSA) is 106 Å². The molecule has 0 spiro atoms. The lowest BCUT2D eigenvalue weighted by Gasteiger charge is -2.26. The third kappa shape index (κ3) is 5.24. The smallest absolute Gasteiger partial charge is 0.262 e. The molecule has 1 N–H and O–H groups in total. The summed E-state index contributed by atoms with van der Waals surface area (Å²) in [6, 6.07) is 8.17. The third-order valence-electron chi connectivity index (χ3n) is 5.45. The average Bonchev–Trinajstić information content (AvgIpc) is 3.28. The van der Waals surface area contributed by atoms with Gasteiger partial charge in [0.05, 0.1) is 40.6 Å². The van der Waals surface area contributed by atoms with Crippen LogP contribution < -0.4 is 4.72 Å². The molecule has 34 heavy (non-hydrogen) atoms. The summed E-state index contributed by atoms with van der Waals surface area (Å²) in [5, 5.41) is 4.48. The number of carbonyl (C=O) groups excluding carboxylic acids is 1. The number of aromatic nitrogens is 3. The number of nitrogens with zero attached hydrogens (tertiary/aromatic N) is 4. The Labute approximate surface area is 203 Å². The van der Waals surface area contributed by atoms with E-state index in [-0.39, 0.29) is 32.7 Å². The van der Waals surface area contributed by atoms with E-state index in [1.165, 1.54) is 29.3 Å². The van der Waals surface area contributed by atoms with Gasteiger partial charge in [-0.05, 0) is 29.2 Å². The van der Waals surface area contributed by atoms with Gasteiger partial charge in [-0.1, -0.05) is 44.5 Å². The highest BCUT2D eigenvalue weighted by Crippen LogP contribution is 2.27. The Morgan fingerprint density at radius 1 is 1.12 bits per heavy atom. The largest absolute Gasteiger partial charge is 0.378 e. The fraction of sp³-hybridized carbons (Fsp3) is 0.348. The number of carbonyl (C=O) groups is 1. The summed E-state index contributed by atoms with van der Waals surface area (Å²) >= 11 is 6.11. The Morgan fingerprint density at radius 2 is 1.79 bits per heavy atom. The number of benzene rings is 1. The van der Waals surface area contributed by atoms with Crippen molar-refractivity contribution in [2.45, 2.75) is 31.1 Å². The van der Waals surface area contributed by atoms with Gasteiger partial charge in [-0.15, -0.1) is 0 Å². The van der Waals surface area contributed by atoms with E-state index in [1.807, 2.05) is 0 Å². The molecule has 1 amide bonds. The maximum atomic E-state index is 13.1. The van der Waals surface area contributed by atoms with Crippen LogP contribution in [0.15, 0.2) is 53.8 Å². The monoisotopic (exact) mass is 503 g/mol. The van der Waals surface area contributed by atoms with E-state index < -0.39 is 10.0 Å². The Bertz CT molecular complexity index is 1290. The number of ether oxygens (including phenoxy) is 1. The average molecular weight is 504 g/mol. The predicted octanol–water partition coefficient (Wildman–Crippen LogP) is 3.49. The zero-order valence-corrected chi connectivity index (χ0v) is 20.7. The first-order valence-electron chi connectivity index (χ1n) is 10.8. The number of amides is 1. The number of anilines is 1. The Hall–Kier alpha value is -2.95. The van der Waals surface area contributed by atoms with Gasteiger partial charge in [0, 0.05) is 25.5 Å². The minimum atomic E-state index is -3.93. The predicted molar refractivity (Wildman–Crippen MR) is 129 cm³/mol. The molecule has 0 saturated carbocycles. The van der Waals surface area contributed by atoms with Gasteiger partial charge in [0.2, 0.25) is 0 Å². The summed E-state index contributed by atoms with van der Waals surface area (Å²) in [6.45, 7) is 8.15. The van der Waals surface area contributed by atoms with Crippen LogP contribution in [0, 0.1) is 0 Å². The number of hydrogen-bond donors (Lipinski definition) is 1. The summed E-state index contributed by atoms with van der Waals surface area (Å²) in [5.74, 6) is 0.0184. The van der Waals surface area contributed by atoms with Crippen molar-refractivity contribution in [1.82, 2.24) is 19.7 Å². The summed E-state index contributed by atoms with van der Waals surface area (Å²) in [7, 11) is -3.93. The van der Waals surface area contributed by atoms with Crippen LogP contribution in [0.3, 0.4) is 0 Å². The van der Waals surface area contributed by atoms with E-state index in [9.17, 15) is 13.2 Å². The van der Waals surface area contributed by atoms with Crippen molar-refractivity contribution in [3.05, 3.63) is 65.1 Å². The van der Waals surface area contributed by atoms with Crippen molar-refractivity contribution in [1.29, 1.82) is 0 Å². The van der Waals surface area contributed by atoms with Crippen LogP contribution in [0.2, 0.25) is 5.02 Å². The van der Waals surface area contributed by atoms with Crippen LogP contribution in [-0.2, 0) is 20.2 Å². The number of pyridine rings is 1. The molecule has 180 valence electrons. The quantitative estimate of drug-likeness (QED) is 0.571. The summed E-state index contributed by atoms with van der Waals surface area (Å²) in [4.78, 5) is 18.8. The van der Waals surface area contributed by atoms with E-state index >= 15 is 0 Å². The van der Waals surface area contributed by atoms with Gasteiger partial charge >= 0.3 is 0 Å². The number of sulfonamides is 1. The molecule has 0 aliphatic carbocycles. The minimum absolute atomic E-state index is 0.101. The Balaban J connectivity index is 1.62. The van der Waals surface area contributed by atoms with Gasteiger partial charge in [-0.25, -0.2) is 18.1 Å². The molecular weight excluding hydrogens is 478 g/mol. The molecule has 1 aliphatic heterocycles. The van der Waals surface area contributed by atoms with Crippen molar-refractivity contribution in [2.24, 2.45) is 0 Å². The van der Waals surface area contributed by atoms with Crippen molar-refractivity contribution < 1.29 is 17.9 Å². The summed E-state index contributed by atoms with van der Waals surface area (Å²) < 4.78 is 35.4. The number of rotatable bonds is 5. The van der Waals surface area contributed by atoms with Gasteiger partial charge in [0.1, 0.15) is 0 Å². The highest BCUT2D eigenvalue weighted by molar-refractivity contribution is 7.92. The third-order valence-corrected chi connectivity index (χ3v) is 7.04. The van der Waals surface area contributed by atoms with Crippen molar-refractivity contribution in [2.75, 3.05) is 31.0 Å². The van der Waals surface area contributed by atoms with E-state index in [2.05, 4.69) is 35.6 Å². The molecule has 1 fully saturated rings. The first-order valence-corrected chi connectivity index (χ1v) is 12.6. The van der Waals surface area contributed by atoms with Gasteiger partial charge in [0.15, 0.2) is 5.82 Å². The number of hydrogen-bond acceptors (Lipinski definition) is 6. The molecule has 0 radical (unpaired) electrons. The molecule has 0 bridgehead atoms. The SMILES string of the molecule is CC(C)(C)c1ccc(S(=O)(=O)Nc2cc(Cl)cnc2-n2cc(C(=O)N3CCOCC3)cn2)cc1. The van der Waals surface area contributed by atoms with Gasteiger partial charge in [-0.3, -0.25) is 9.52 Å². The lowest BCUT2D eigenvalue weighted by Crippen LogP contribution is -2.40. The second-order valence-electron chi connectivity index (χ2n) is 8.98. The highest BCUT2D eigenvalue weighted by atomic mass is 35.5. The van der Waals surface area contributed by atoms with Crippen LogP contribution in [0.5, 0.6) is 0 Å². The summed E-state index contributed by atoms with van der Waals surface area (Å²) in [5.41, 5.74) is 1.42. The number of halogens is 1. The fourth-order valence-corrected chi connectivity index (χ4v) is 4.74. The lowest BCUT2D eigenvalue weighted by atomic mass is 9.87. The first-order chi connectivity index (χ1) is 16.0. The van der Waals surface area contributed by atoms with Crippen LogP contribution in [0.1, 0.15) is 36.7 Å². The number of nitrogens with one attached hydrogen (secondary N) is 1. The molecule has 3 aromatic rings. The zero-order chi connectivity index (χ0) is 24.5. The normalized spacial score (nSPS) is 14.8. The Kier molecular flexibility index (Phi) is 6.66. The van der Waals surface area contributed by atoms with Crippen LogP contribution in [-0.4, -0.2) is 60.3 Å². The maximum Gasteiger partial charge on any atom is 0.262 e. The fourth-order valence-electron chi connectivity index (χ4n) is 3.53. The molecule has 3 heterocycles. The van der Waals surface area contributed by atoms with Gasteiger partial charge in [-0.2, -0.15) is 5.10 Å². The van der Waals surface area contributed by atoms with Gasteiger partial charge < -0.3 is 9.64 Å². The van der Waals surface area contributed by atoms with E-state index in [0.717, 1.165) is 5.56 Å². The molecule has 2 aromatic heterocycles. The van der Waals surface area contributed by atoms with Crippen LogP contribution >= 0.6 is 11.6 Å². The van der Waals surface area contributed by atoms with Gasteiger partial charge in [0.25, 0.3) is 15.9 Å². The van der Waals surface area contributed by atoms with Crippen LogP contribution in [0.25, 0.3) is 5.82 Å². The molecule has 1 saturated heterocycles. The standard InChI is InChI=1S/C23H26ClN5O4S/c1-23(2,3)17-4-6-19(7-5-17)34(31,32)27-20-12-18(24)14-25-21(20)29-15-16(13-26-29)22(30)28-8-10-33-11-9-28/h4-7,12-15,27H,8-11H2,1-3H3. The van der Waals surface area contributed by atoms with E-state index in [1.54, 1.807) is 29.2 Å². The zero-order valence-electron chi connectivity index (χ0n) is 19.2. The van der Waals surface area contributed by atoms with Crippen molar-refractivity contribution in [3.63, 3.8) is 0 Å². The lowest BCUT2D eigenvalue weighted by molar-refractivity contribution is 0.0303. The molecule has 4 rings (SSSR count). The molecular formula is C23H26ClN5O4S. The molecule has 0 atom stereocenters. The highest BCUT2D eigenvalue weighted by Gasteiger charge is 2.23. The second kappa shape index (κ2) is 9.36. The molecule has 9 nitrogen and oxygen atoms in total. The minimum Gasteiger partial charge on any atom is -0.378 e. The molecule has 11 heteroatoms. The Morgan fingerprint density at radius 3 is 2.44 bits per heavy atom. The molecule has 1 aromatic carbocycles. The van der Waals surface area contributed by atoms with Crippen LogP contribution in [0.4, 0.5) is 5.69 Å². The maximum absolute atomic E-state index is 13.1. The second-order valence-corrected chi connectivity index (χ2v) is 11.1. The van der Waals surface area contributed by atoms with E-state index in [0.29, 0.717) is 31.9 Å². The number of morpholine rings is 1. The van der Waals surface area contributed by atoms with Crippen molar-refractivity contribution >= 4 is 33.2 Å². The first kappa shape index (κ1) is 24.2. The van der Waals surface area contributed by atoms with E-state index in [4.69, 9.17) is 16.3 Å². The van der Waals surface area contributed by atoms with Crippen molar-refractivity contribution in [3.8, 4) is 5.82 Å². The molecule has 1 aliphatic rings.